The van der Waals surface area contributed by atoms with Gasteiger partial charge in [-0.05, 0) is 68.8 Å². The zero-order valence-corrected chi connectivity index (χ0v) is 17.3. The van der Waals surface area contributed by atoms with Gasteiger partial charge in [0.25, 0.3) is 0 Å². The topological polar surface area (TPSA) is 26.3 Å². The van der Waals surface area contributed by atoms with Crippen LogP contribution in [-0.4, -0.2) is 5.97 Å². The summed E-state index contributed by atoms with van der Waals surface area (Å²) < 4.78 is 5.58. The molecule has 4 aromatic rings. The van der Waals surface area contributed by atoms with Crippen molar-refractivity contribution in [1.29, 1.82) is 0 Å². The summed E-state index contributed by atoms with van der Waals surface area (Å²) in [7, 11) is -0.741. The molecule has 0 spiro atoms. The van der Waals surface area contributed by atoms with E-state index in [9.17, 15) is 4.79 Å². The van der Waals surface area contributed by atoms with Crippen molar-refractivity contribution in [2.24, 2.45) is 0 Å². The van der Waals surface area contributed by atoms with Gasteiger partial charge in [0.05, 0.1) is 0 Å². The molecular formula is C27H22O2S. The van der Waals surface area contributed by atoms with Gasteiger partial charge in [-0.1, -0.05) is 72.8 Å². The molecule has 30 heavy (non-hydrogen) atoms. The Morgan fingerprint density at radius 1 is 0.633 bits per heavy atom. The van der Waals surface area contributed by atoms with Gasteiger partial charge in [-0.25, -0.2) is 4.79 Å². The smallest absolute Gasteiger partial charge is 0.336 e. The number of ether oxygens (including phenoxy) is 1. The highest BCUT2D eigenvalue weighted by atomic mass is 32.2. The number of hydrogen-bond acceptors (Lipinski definition) is 2. The second-order valence-corrected chi connectivity index (χ2v) is 8.89. The van der Waals surface area contributed by atoms with Gasteiger partial charge in [-0.15, -0.1) is 0 Å². The molecule has 0 saturated heterocycles. The third-order valence-electron chi connectivity index (χ3n) is 4.53. The summed E-state index contributed by atoms with van der Waals surface area (Å²) >= 11 is 0. The Hall–Kier alpha value is -3.56. The predicted octanol–water partition coefficient (Wildman–Crippen LogP) is 6.78. The van der Waals surface area contributed by atoms with E-state index < -0.39 is 10.9 Å². The van der Waals surface area contributed by atoms with Gasteiger partial charge in [-0.2, -0.15) is 10.9 Å². The SMILES string of the molecule is O=C(/C=C/c1ccccc1)Oc1cccc([SH](c2ccccc2)c2ccccc2)c1. The highest BCUT2D eigenvalue weighted by Gasteiger charge is 2.13. The van der Waals surface area contributed by atoms with E-state index in [-0.39, 0.29) is 5.97 Å². The molecule has 0 heterocycles. The molecule has 2 nitrogen and oxygen atoms in total. The van der Waals surface area contributed by atoms with Crippen molar-refractivity contribution in [3.63, 3.8) is 0 Å². The van der Waals surface area contributed by atoms with Crippen molar-refractivity contribution < 1.29 is 9.53 Å². The Kier molecular flexibility index (Phi) is 6.43. The van der Waals surface area contributed by atoms with Crippen LogP contribution in [0, 0.1) is 0 Å². The lowest BCUT2D eigenvalue weighted by Crippen LogP contribution is -2.03. The van der Waals surface area contributed by atoms with E-state index in [0.29, 0.717) is 5.75 Å². The second-order valence-electron chi connectivity index (χ2n) is 6.67. The molecule has 0 unspecified atom stereocenters. The van der Waals surface area contributed by atoms with Gasteiger partial charge in [0.2, 0.25) is 0 Å². The summed E-state index contributed by atoms with van der Waals surface area (Å²) in [5.74, 6) is 0.161. The highest BCUT2D eigenvalue weighted by molar-refractivity contribution is 8.17. The quantitative estimate of drug-likeness (QED) is 0.164. The van der Waals surface area contributed by atoms with E-state index in [0.717, 1.165) is 10.5 Å². The largest absolute Gasteiger partial charge is 0.423 e. The van der Waals surface area contributed by atoms with Crippen LogP contribution in [-0.2, 0) is 4.79 Å². The average molecular weight is 411 g/mol. The van der Waals surface area contributed by atoms with E-state index in [4.69, 9.17) is 4.74 Å². The number of carbonyl (C=O) groups is 1. The molecule has 0 aliphatic carbocycles. The molecular weight excluding hydrogens is 388 g/mol. The molecule has 0 N–H and O–H groups in total. The fraction of sp³-hybridized carbons (Fsp3) is 0. The molecule has 3 heteroatoms. The van der Waals surface area contributed by atoms with Crippen molar-refractivity contribution >= 4 is 22.9 Å². The molecule has 0 fully saturated rings. The number of thiol groups is 1. The Bertz CT molecular complexity index is 1080. The van der Waals surface area contributed by atoms with Crippen LogP contribution in [0.2, 0.25) is 0 Å². The van der Waals surface area contributed by atoms with Crippen LogP contribution in [0.3, 0.4) is 0 Å². The van der Waals surface area contributed by atoms with Crippen LogP contribution >= 0.6 is 10.9 Å². The first-order valence-electron chi connectivity index (χ1n) is 9.75. The van der Waals surface area contributed by atoms with Crippen molar-refractivity contribution in [3.8, 4) is 5.75 Å². The van der Waals surface area contributed by atoms with Gasteiger partial charge in [-0.3, -0.25) is 0 Å². The molecule has 0 aromatic heterocycles. The molecule has 0 aliphatic heterocycles. The lowest BCUT2D eigenvalue weighted by atomic mass is 10.2. The summed E-state index contributed by atoms with van der Waals surface area (Å²) in [6, 6.07) is 38.4. The fourth-order valence-corrected chi connectivity index (χ4v) is 5.49. The highest BCUT2D eigenvalue weighted by Crippen LogP contribution is 2.51. The Labute approximate surface area is 179 Å². The predicted molar refractivity (Wildman–Crippen MR) is 124 cm³/mol. The molecule has 0 aliphatic rings. The van der Waals surface area contributed by atoms with E-state index in [1.807, 2.05) is 60.7 Å². The van der Waals surface area contributed by atoms with Gasteiger partial charge < -0.3 is 4.74 Å². The van der Waals surface area contributed by atoms with Gasteiger partial charge in [0.1, 0.15) is 5.75 Å². The third-order valence-corrected chi connectivity index (χ3v) is 6.96. The van der Waals surface area contributed by atoms with Crippen LogP contribution in [0.4, 0.5) is 0 Å². The molecule has 148 valence electrons. The number of rotatable bonds is 6. The molecule has 4 aromatic carbocycles. The minimum atomic E-state index is -0.741. The monoisotopic (exact) mass is 410 g/mol. The molecule has 0 bridgehead atoms. The number of hydrogen-bond donors (Lipinski definition) is 1. The van der Waals surface area contributed by atoms with Crippen molar-refractivity contribution in [3.05, 3.63) is 127 Å². The minimum absolute atomic E-state index is 0.389. The number of carbonyl (C=O) groups excluding carboxylic acids is 1. The van der Waals surface area contributed by atoms with Crippen LogP contribution < -0.4 is 4.74 Å². The third kappa shape index (κ3) is 5.07. The Morgan fingerprint density at radius 3 is 1.77 bits per heavy atom. The fourth-order valence-electron chi connectivity index (χ4n) is 3.17. The maximum Gasteiger partial charge on any atom is 0.336 e. The van der Waals surface area contributed by atoms with Crippen LogP contribution in [0.1, 0.15) is 5.56 Å². The van der Waals surface area contributed by atoms with Crippen molar-refractivity contribution in [1.82, 2.24) is 0 Å². The summed E-state index contributed by atoms with van der Waals surface area (Å²) in [5.41, 5.74) is 0.958. The first-order chi connectivity index (χ1) is 14.8. The molecule has 0 atom stereocenters. The standard InChI is InChI=1S/C27H22O2S/c28-27(20-19-22-11-4-1-5-12-22)29-23-13-10-18-26(21-23)30(24-14-6-2-7-15-24)25-16-8-3-9-17-25/h1-21,30H/b20-19+. The first kappa shape index (κ1) is 19.7. The average Bonchev–Trinajstić information content (AvgIpc) is 2.80. The van der Waals surface area contributed by atoms with Crippen LogP contribution in [0.15, 0.2) is 136 Å². The minimum Gasteiger partial charge on any atom is -0.423 e. The normalized spacial score (nSPS) is 11.3. The maximum absolute atomic E-state index is 12.3. The number of benzene rings is 4. The lowest BCUT2D eigenvalue weighted by Gasteiger charge is -2.23. The molecule has 0 radical (unpaired) electrons. The van der Waals surface area contributed by atoms with E-state index in [1.54, 1.807) is 6.08 Å². The van der Waals surface area contributed by atoms with Gasteiger partial charge >= 0.3 is 5.97 Å². The first-order valence-corrected chi connectivity index (χ1v) is 11.1. The summed E-state index contributed by atoms with van der Waals surface area (Å²) in [4.78, 5) is 16.0. The summed E-state index contributed by atoms with van der Waals surface area (Å²) in [6.07, 6.45) is 3.21. The second kappa shape index (κ2) is 9.77. The Balaban J connectivity index is 1.59. The van der Waals surface area contributed by atoms with Gasteiger partial charge in [0, 0.05) is 6.08 Å². The zero-order valence-electron chi connectivity index (χ0n) is 16.4. The van der Waals surface area contributed by atoms with Crippen molar-refractivity contribution in [2.75, 3.05) is 0 Å². The number of esters is 1. The zero-order chi connectivity index (χ0) is 20.6. The molecule has 0 amide bonds. The lowest BCUT2D eigenvalue weighted by molar-refractivity contribution is -0.128. The van der Waals surface area contributed by atoms with E-state index in [1.165, 1.54) is 15.9 Å². The molecule has 0 saturated carbocycles. The van der Waals surface area contributed by atoms with Crippen molar-refractivity contribution in [2.45, 2.75) is 14.7 Å². The van der Waals surface area contributed by atoms with Gasteiger partial charge in [0.15, 0.2) is 0 Å². The summed E-state index contributed by atoms with van der Waals surface area (Å²) in [5, 5.41) is 0. The van der Waals surface area contributed by atoms with Crippen LogP contribution in [0.5, 0.6) is 5.75 Å². The Morgan fingerprint density at radius 2 is 1.17 bits per heavy atom. The van der Waals surface area contributed by atoms with E-state index in [2.05, 4.69) is 54.6 Å². The maximum atomic E-state index is 12.3. The van der Waals surface area contributed by atoms with E-state index >= 15 is 0 Å². The molecule has 4 rings (SSSR count). The summed E-state index contributed by atoms with van der Waals surface area (Å²) in [6.45, 7) is 0. The van der Waals surface area contributed by atoms with Crippen LogP contribution in [0.25, 0.3) is 6.08 Å².